The lowest BCUT2D eigenvalue weighted by Gasteiger charge is -2.25. The van der Waals surface area contributed by atoms with Crippen molar-refractivity contribution in [3.63, 3.8) is 0 Å². The molecule has 0 spiro atoms. The Bertz CT molecular complexity index is 2350. The number of halogens is 1. The zero-order valence-electron chi connectivity index (χ0n) is 27.5. The highest BCUT2D eigenvalue weighted by Gasteiger charge is 2.24. The second kappa shape index (κ2) is 12.8. The summed E-state index contributed by atoms with van der Waals surface area (Å²) in [5, 5.41) is 16.2. The van der Waals surface area contributed by atoms with E-state index >= 15 is 0 Å². The summed E-state index contributed by atoms with van der Waals surface area (Å²) in [5.74, 6) is 1.66. The van der Waals surface area contributed by atoms with Crippen LogP contribution in [0.1, 0.15) is 61.3 Å². The minimum atomic E-state index is 0.0716. The number of rotatable bonds is 6. The fourth-order valence-corrected chi connectivity index (χ4v) is 7.85. The molecule has 10 heteroatoms. The predicted molar refractivity (Wildman–Crippen MR) is 197 cm³/mol. The summed E-state index contributed by atoms with van der Waals surface area (Å²) < 4.78 is 2.45. The summed E-state index contributed by atoms with van der Waals surface area (Å²) in [7, 11) is 0. The van der Waals surface area contributed by atoms with Gasteiger partial charge in [-0.1, -0.05) is 55.1 Å². The van der Waals surface area contributed by atoms with E-state index in [0.29, 0.717) is 22.5 Å². The third-order valence-electron chi connectivity index (χ3n) is 10.3. The van der Waals surface area contributed by atoms with E-state index in [-0.39, 0.29) is 5.91 Å². The largest absolute Gasteiger partial charge is 0.339 e. The number of imidazole rings is 1. The van der Waals surface area contributed by atoms with Crippen LogP contribution in [-0.2, 0) is 0 Å². The molecule has 9 rings (SSSR count). The number of fused-ring (bicyclic) bond motifs is 2. The van der Waals surface area contributed by atoms with Gasteiger partial charge < -0.3 is 9.47 Å². The van der Waals surface area contributed by atoms with E-state index in [9.17, 15) is 4.79 Å². The molecular formula is C40H35ClN8O. The van der Waals surface area contributed by atoms with Gasteiger partial charge in [0.05, 0.1) is 22.2 Å². The first kappa shape index (κ1) is 30.6. The highest BCUT2D eigenvalue weighted by molar-refractivity contribution is 6.30. The van der Waals surface area contributed by atoms with Crippen LogP contribution in [0.15, 0.2) is 91.0 Å². The van der Waals surface area contributed by atoms with Gasteiger partial charge in [-0.2, -0.15) is 0 Å². The lowest BCUT2D eigenvalue weighted by atomic mass is 9.94. The molecule has 1 aliphatic heterocycles. The van der Waals surface area contributed by atoms with Crippen LogP contribution in [-0.4, -0.2) is 59.1 Å². The van der Waals surface area contributed by atoms with E-state index in [1.165, 1.54) is 19.3 Å². The minimum Gasteiger partial charge on any atom is -0.339 e. The SMILES string of the molecule is O=C(c1ccc(-c2ccc(Cl)cc2)c(-c2ccc3cc(-c4nc5cc(-c6nnn[nH]6)ccc5n4C4CCCCC4)ccc3n2)c1)N1CCCC1. The molecule has 0 bridgehead atoms. The molecule has 0 radical (unpaired) electrons. The average molecular weight is 679 g/mol. The first-order chi connectivity index (χ1) is 24.6. The molecule has 4 aromatic carbocycles. The lowest BCUT2D eigenvalue weighted by molar-refractivity contribution is 0.0793. The third-order valence-corrected chi connectivity index (χ3v) is 10.5. The third kappa shape index (κ3) is 5.61. The molecule has 248 valence electrons. The van der Waals surface area contributed by atoms with E-state index in [2.05, 4.69) is 73.7 Å². The van der Waals surface area contributed by atoms with Crippen LogP contribution in [0.4, 0.5) is 0 Å². The van der Waals surface area contributed by atoms with Crippen LogP contribution in [0.2, 0.25) is 5.02 Å². The van der Waals surface area contributed by atoms with Gasteiger partial charge in [-0.3, -0.25) is 4.79 Å². The first-order valence-electron chi connectivity index (χ1n) is 17.5. The Morgan fingerprint density at radius 2 is 1.52 bits per heavy atom. The summed E-state index contributed by atoms with van der Waals surface area (Å²) in [5.41, 5.74) is 9.32. The van der Waals surface area contributed by atoms with Crippen LogP contribution in [0.3, 0.4) is 0 Å². The zero-order chi connectivity index (χ0) is 33.6. The highest BCUT2D eigenvalue weighted by Crippen LogP contribution is 2.39. The summed E-state index contributed by atoms with van der Waals surface area (Å²) in [6, 6.07) is 31.1. The van der Waals surface area contributed by atoms with E-state index < -0.39 is 0 Å². The second-order valence-electron chi connectivity index (χ2n) is 13.4. The number of carbonyl (C=O) groups excluding carboxylic acids is 1. The molecule has 1 amide bonds. The topological polar surface area (TPSA) is 105 Å². The number of amides is 1. The van der Waals surface area contributed by atoms with Gasteiger partial charge in [0.15, 0.2) is 5.82 Å². The number of H-pyrrole nitrogens is 1. The highest BCUT2D eigenvalue weighted by atomic mass is 35.5. The average Bonchev–Trinajstić information content (AvgIpc) is 3.97. The molecule has 1 saturated carbocycles. The Labute approximate surface area is 294 Å². The molecule has 9 nitrogen and oxygen atoms in total. The van der Waals surface area contributed by atoms with Crippen molar-refractivity contribution in [2.75, 3.05) is 13.1 Å². The van der Waals surface area contributed by atoms with Crippen molar-refractivity contribution < 1.29 is 4.79 Å². The zero-order valence-corrected chi connectivity index (χ0v) is 28.3. The number of aromatic amines is 1. The van der Waals surface area contributed by atoms with E-state index in [1.807, 2.05) is 47.4 Å². The van der Waals surface area contributed by atoms with E-state index in [4.69, 9.17) is 21.6 Å². The van der Waals surface area contributed by atoms with Crippen LogP contribution in [0.5, 0.6) is 0 Å². The van der Waals surface area contributed by atoms with Gasteiger partial charge in [-0.05, 0) is 114 Å². The standard InChI is InChI=1S/C40H35ClN8O/c41-30-14-8-25(9-15-30)32-16-10-29(40(50)48-20-4-5-21-48)23-33(32)35-18-11-26-22-28(12-17-34(26)42-35)39-43-36-24-27(38-44-46-47-45-38)13-19-37(36)49(39)31-6-2-1-3-7-31/h8-19,22-24,31H,1-7,20-21H2,(H,44,45,46,47). The predicted octanol–water partition coefficient (Wildman–Crippen LogP) is 9.16. The molecule has 1 N–H and O–H groups in total. The summed E-state index contributed by atoms with van der Waals surface area (Å²) in [4.78, 5) is 25.8. The number of tetrazole rings is 1. The Kier molecular flexibility index (Phi) is 7.84. The van der Waals surface area contributed by atoms with Crippen molar-refractivity contribution >= 4 is 39.4 Å². The number of likely N-dealkylation sites (tertiary alicyclic amines) is 1. The van der Waals surface area contributed by atoms with Gasteiger partial charge in [-0.15, -0.1) is 5.10 Å². The summed E-state index contributed by atoms with van der Waals surface area (Å²) in [6.07, 6.45) is 8.10. The lowest BCUT2D eigenvalue weighted by Crippen LogP contribution is -2.27. The number of benzene rings is 4. The number of carbonyl (C=O) groups is 1. The number of nitrogens with zero attached hydrogens (tertiary/aromatic N) is 7. The molecule has 0 atom stereocenters. The molecule has 3 aromatic heterocycles. The van der Waals surface area contributed by atoms with E-state index in [0.717, 1.165) is 100 Å². The van der Waals surface area contributed by atoms with Gasteiger partial charge in [0.1, 0.15) is 5.82 Å². The van der Waals surface area contributed by atoms with Gasteiger partial charge >= 0.3 is 0 Å². The van der Waals surface area contributed by atoms with Crippen molar-refractivity contribution in [1.29, 1.82) is 0 Å². The van der Waals surface area contributed by atoms with Crippen molar-refractivity contribution in [3.05, 3.63) is 102 Å². The molecule has 50 heavy (non-hydrogen) atoms. The fourth-order valence-electron chi connectivity index (χ4n) is 7.73. The molecule has 2 aliphatic rings. The number of hydrogen-bond donors (Lipinski definition) is 1. The molecule has 2 fully saturated rings. The minimum absolute atomic E-state index is 0.0716. The number of nitrogens with one attached hydrogen (secondary N) is 1. The maximum Gasteiger partial charge on any atom is 0.253 e. The molecule has 7 aromatic rings. The fraction of sp³-hybridized carbons (Fsp3) is 0.250. The van der Waals surface area contributed by atoms with Crippen LogP contribution in [0, 0.1) is 0 Å². The Balaban J connectivity index is 1.13. The van der Waals surface area contributed by atoms with Crippen molar-refractivity contribution in [2.45, 2.75) is 51.0 Å². The van der Waals surface area contributed by atoms with Gasteiger partial charge in [-0.25, -0.2) is 15.1 Å². The smallest absolute Gasteiger partial charge is 0.253 e. The van der Waals surface area contributed by atoms with Crippen LogP contribution in [0.25, 0.3) is 67.1 Å². The maximum atomic E-state index is 13.5. The van der Waals surface area contributed by atoms with Crippen molar-refractivity contribution in [1.82, 2.24) is 40.1 Å². The monoisotopic (exact) mass is 678 g/mol. The Morgan fingerprint density at radius 3 is 2.32 bits per heavy atom. The Hall–Kier alpha value is -5.41. The van der Waals surface area contributed by atoms with E-state index in [1.54, 1.807) is 0 Å². The normalized spacial score (nSPS) is 15.3. The molecular weight excluding hydrogens is 644 g/mol. The summed E-state index contributed by atoms with van der Waals surface area (Å²) >= 11 is 6.25. The molecule has 0 unspecified atom stereocenters. The quantitative estimate of drug-likeness (QED) is 0.188. The van der Waals surface area contributed by atoms with Crippen molar-refractivity contribution in [3.8, 4) is 45.2 Å². The maximum absolute atomic E-state index is 13.5. The van der Waals surface area contributed by atoms with Crippen molar-refractivity contribution in [2.24, 2.45) is 0 Å². The first-order valence-corrected chi connectivity index (χ1v) is 17.8. The van der Waals surface area contributed by atoms with Gasteiger partial charge in [0, 0.05) is 51.8 Å². The van der Waals surface area contributed by atoms with Gasteiger partial charge in [0.25, 0.3) is 5.91 Å². The number of pyridine rings is 1. The Morgan fingerprint density at radius 1 is 0.720 bits per heavy atom. The van der Waals surface area contributed by atoms with Gasteiger partial charge in [0.2, 0.25) is 0 Å². The summed E-state index contributed by atoms with van der Waals surface area (Å²) in [6.45, 7) is 1.61. The molecule has 1 aliphatic carbocycles. The molecule has 4 heterocycles. The second-order valence-corrected chi connectivity index (χ2v) is 13.9. The number of hydrogen-bond acceptors (Lipinski definition) is 6. The van der Waals surface area contributed by atoms with Crippen LogP contribution < -0.4 is 0 Å². The number of aromatic nitrogens is 7. The van der Waals surface area contributed by atoms with Crippen LogP contribution >= 0.6 is 11.6 Å². The molecule has 1 saturated heterocycles.